The zero-order valence-corrected chi connectivity index (χ0v) is 16.0. The van der Waals surface area contributed by atoms with Crippen molar-refractivity contribution in [2.75, 3.05) is 32.5 Å². The van der Waals surface area contributed by atoms with Gasteiger partial charge in [0.2, 0.25) is 5.91 Å². The summed E-state index contributed by atoms with van der Waals surface area (Å²) in [5.41, 5.74) is 1.48. The van der Waals surface area contributed by atoms with Crippen LogP contribution in [-0.4, -0.2) is 64.1 Å². The fourth-order valence-electron chi connectivity index (χ4n) is 3.23. The van der Waals surface area contributed by atoms with Gasteiger partial charge in [0.1, 0.15) is 5.82 Å². The Hall–Kier alpha value is -2.90. The molecular formula is C19H26N6O2. The molecule has 3 amide bonds. The Labute approximate surface area is 159 Å². The summed E-state index contributed by atoms with van der Waals surface area (Å²) in [5.74, 6) is 1.68. The van der Waals surface area contributed by atoms with Crippen LogP contribution >= 0.6 is 0 Å². The summed E-state index contributed by atoms with van der Waals surface area (Å²) in [6.07, 6.45) is 2.13. The SMILES string of the molecule is Cc1nc([C@H]2CCCN(C(=O)Nc3ccccc3CC(=O)N(C)C)C2)n[nH]1. The summed E-state index contributed by atoms with van der Waals surface area (Å²) in [5, 5.41) is 10.1. The van der Waals surface area contributed by atoms with Crippen molar-refractivity contribution in [3.8, 4) is 0 Å². The molecule has 0 aliphatic carbocycles. The van der Waals surface area contributed by atoms with E-state index in [4.69, 9.17) is 0 Å². The number of hydrogen-bond donors (Lipinski definition) is 2. The number of piperidine rings is 1. The molecular weight excluding hydrogens is 344 g/mol. The van der Waals surface area contributed by atoms with Crippen molar-refractivity contribution < 1.29 is 9.59 Å². The van der Waals surface area contributed by atoms with Crippen LogP contribution in [0.1, 0.15) is 36.0 Å². The van der Waals surface area contributed by atoms with Crippen molar-refractivity contribution in [2.24, 2.45) is 0 Å². The number of amides is 3. The maximum absolute atomic E-state index is 12.8. The number of nitrogens with zero attached hydrogens (tertiary/aromatic N) is 4. The van der Waals surface area contributed by atoms with Crippen LogP contribution in [0.15, 0.2) is 24.3 Å². The van der Waals surface area contributed by atoms with Crippen molar-refractivity contribution >= 4 is 17.6 Å². The number of aromatic amines is 1. The molecule has 3 rings (SSSR count). The van der Waals surface area contributed by atoms with Gasteiger partial charge in [-0.1, -0.05) is 18.2 Å². The third kappa shape index (κ3) is 4.64. The molecule has 1 aromatic carbocycles. The quantitative estimate of drug-likeness (QED) is 0.862. The molecule has 1 atom stereocenters. The number of carbonyl (C=O) groups is 2. The standard InChI is InChI=1S/C19H26N6O2/c1-13-20-18(23-22-13)15-8-6-10-25(12-15)19(27)21-16-9-5-4-7-14(16)11-17(26)24(2)3/h4-5,7,9,15H,6,8,10-12H2,1-3H3,(H,21,27)(H,20,22,23)/t15-/m0/s1. The van der Waals surface area contributed by atoms with E-state index in [-0.39, 0.29) is 24.3 Å². The van der Waals surface area contributed by atoms with E-state index in [1.54, 1.807) is 23.9 Å². The molecule has 2 N–H and O–H groups in total. The Bertz CT molecular complexity index is 816. The third-order valence-corrected chi connectivity index (χ3v) is 4.79. The van der Waals surface area contributed by atoms with E-state index in [0.717, 1.165) is 30.1 Å². The van der Waals surface area contributed by atoms with Crippen molar-refractivity contribution in [2.45, 2.75) is 32.1 Å². The molecule has 1 aliphatic rings. The second-order valence-electron chi connectivity index (χ2n) is 7.12. The van der Waals surface area contributed by atoms with Gasteiger partial charge < -0.3 is 15.1 Å². The van der Waals surface area contributed by atoms with Gasteiger partial charge in [-0.3, -0.25) is 9.89 Å². The second kappa shape index (κ2) is 8.20. The maximum Gasteiger partial charge on any atom is 0.321 e. The molecule has 0 bridgehead atoms. The first-order chi connectivity index (χ1) is 12.9. The Kier molecular flexibility index (Phi) is 5.73. The average Bonchev–Trinajstić information content (AvgIpc) is 3.09. The molecule has 1 aliphatic heterocycles. The Balaban J connectivity index is 1.67. The van der Waals surface area contributed by atoms with E-state index in [1.807, 2.05) is 31.2 Å². The molecule has 1 fully saturated rings. The average molecular weight is 370 g/mol. The number of H-pyrrole nitrogens is 1. The molecule has 1 saturated heterocycles. The van der Waals surface area contributed by atoms with Gasteiger partial charge in [0.25, 0.3) is 0 Å². The Morgan fingerprint density at radius 3 is 2.81 bits per heavy atom. The minimum atomic E-state index is -0.156. The van der Waals surface area contributed by atoms with Crippen LogP contribution in [0, 0.1) is 6.92 Å². The predicted octanol–water partition coefficient (Wildman–Crippen LogP) is 2.16. The molecule has 8 nitrogen and oxygen atoms in total. The van der Waals surface area contributed by atoms with E-state index in [2.05, 4.69) is 20.5 Å². The third-order valence-electron chi connectivity index (χ3n) is 4.79. The molecule has 0 radical (unpaired) electrons. The lowest BCUT2D eigenvalue weighted by molar-refractivity contribution is -0.127. The van der Waals surface area contributed by atoms with Crippen LogP contribution in [0.5, 0.6) is 0 Å². The Morgan fingerprint density at radius 2 is 2.11 bits per heavy atom. The topological polar surface area (TPSA) is 94.2 Å². The fraction of sp³-hybridized carbons (Fsp3) is 0.474. The number of carbonyl (C=O) groups excluding carboxylic acids is 2. The van der Waals surface area contributed by atoms with Gasteiger partial charge in [-0.15, -0.1) is 0 Å². The van der Waals surface area contributed by atoms with Crippen LogP contribution in [0.2, 0.25) is 0 Å². The number of likely N-dealkylation sites (tertiary alicyclic amines) is 1. The van der Waals surface area contributed by atoms with Gasteiger partial charge in [-0.2, -0.15) is 5.10 Å². The number of likely N-dealkylation sites (N-methyl/N-ethyl adjacent to an activating group) is 1. The largest absolute Gasteiger partial charge is 0.349 e. The number of rotatable bonds is 4. The molecule has 0 unspecified atom stereocenters. The van der Waals surface area contributed by atoms with E-state index >= 15 is 0 Å². The molecule has 8 heteroatoms. The van der Waals surface area contributed by atoms with Crippen LogP contribution in [0.3, 0.4) is 0 Å². The summed E-state index contributed by atoms with van der Waals surface area (Å²) in [6.45, 7) is 3.15. The monoisotopic (exact) mass is 370 g/mol. The normalized spacial score (nSPS) is 16.9. The number of benzene rings is 1. The number of aromatic nitrogens is 3. The maximum atomic E-state index is 12.8. The highest BCUT2D eigenvalue weighted by Crippen LogP contribution is 2.25. The lowest BCUT2D eigenvalue weighted by Gasteiger charge is -2.31. The molecule has 0 spiro atoms. The number of nitrogens with one attached hydrogen (secondary N) is 2. The van der Waals surface area contributed by atoms with E-state index < -0.39 is 0 Å². The summed E-state index contributed by atoms with van der Waals surface area (Å²) in [7, 11) is 3.45. The van der Waals surface area contributed by atoms with Crippen molar-refractivity contribution in [1.29, 1.82) is 0 Å². The lowest BCUT2D eigenvalue weighted by atomic mass is 9.97. The van der Waals surface area contributed by atoms with E-state index in [9.17, 15) is 9.59 Å². The van der Waals surface area contributed by atoms with Gasteiger partial charge in [0.05, 0.1) is 6.42 Å². The Morgan fingerprint density at radius 1 is 1.33 bits per heavy atom. The molecule has 0 saturated carbocycles. The van der Waals surface area contributed by atoms with Gasteiger partial charge in [0, 0.05) is 38.8 Å². The minimum Gasteiger partial charge on any atom is -0.349 e. The summed E-state index contributed by atoms with van der Waals surface area (Å²) in [4.78, 5) is 32.6. The van der Waals surface area contributed by atoms with E-state index in [0.29, 0.717) is 18.8 Å². The van der Waals surface area contributed by atoms with Crippen molar-refractivity contribution in [3.63, 3.8) is 0 Å². The van der Waals surface area contributed by atoms with Crippen LogP contribution in [0.25, 0.3) is 0 Å². The van der Waals surface area contributed by atoms with Gasteiger partial charge >= 0.3 is 6.03 Å². The molecule has 2 heterocycles. The molecule has 144 valence electrons. The predicted molar refractivity (Wildman–Crippen MR) is 103 cm³/mol. The highest BCUT2D eigenvalue weighted by Gasteiger charge is 2.27. The van der Waals surface area contributed by atoms with Crippen LogP contribution in [0.4, 0.5) is 10.5 Å². The smallest absolute Gasteiger partial charge is 0.321 e. The zero-order valence-electron chi connectivity index (χ0n) is 16.0. The number of anilines is 1. The first-order valence-electron chi connectivity index (χ1n) is 9.17. The van der Waals surface area contributed by atoms with E-state index in [1.165, 1.54) is 0 Å². The highest BCUT2D eigenvalue weighted by atomic mass is 16.2. The van der Waals surface area contributed by atoms with Crippen molar-refractivity contribution in [3.05, 3.63) is 41.5 Å². The van der Waals surface area contributed by atoms with Crippen LogP contribution < -0.4 is 5.32 Å². The summed E-state index contributed by atoms with van der Waals surface area (Å²) in [6, 6.07) is 7.27. The molecule has 27 heavy (non-hydrogen) atoms. The zero-order chi connectivity index (χ0) is 19.4. The fourth-order valence-corrected chi connectivity index (χ4v) is 3.23. The number of hydrogen-bond acceptors (Lipinski definition) is 4. The lowest BCUT2D eigenvalue weighted by Crippen LogP contribution is -2.42. The molecule has 1 aromatic heterocycles. The number of aryl methyl sites for hydroxylation is 1. The summed E-state index contributed by atoms with van der Waals surface area (Å²) < 4.78 is 0. The van der Waals surface area contributed by atoms with Crippen molar-refractivity contribution in [1.82, 2.24) is 25.0 Å². The number of para-hydroxylation sites is 1. The first kappa shape index (κ1) is 18.9. The van der Waals surface area contributed by atoms with Gasteiger partial charge in [-0.05, 0) is 31.4 Å². The highest BCUT2D eigenvalue weighted by molar-refractivity contribution is 5.91. The van der Waals surface area contributed by atoms with Gasteiger partial charge in [0.15, 0.2) is 5.82 Å². The molecule has 2 aromatic rings. The second-order valence-corrected chi connectivity index (χ2v) is 7.12. The van der Waals surface area contributed by atoms with Crippen LogP contribution in [-0.2, 0) is 11.2 Å². The first-order valence-corrected chi connectivity index (χ1v) is 9.17. The summed E-state index contributed by atoms with van der Waals surface area (Å²) >= 11 is 0. The minimum absolute atomic E-state index is 0.00490. The number of urea groups is 1. The van der Waals surface area contributed by atoms with Gasteiger partial charge in [-0.25, -0.2) is 9.78 Å².